The van der Waals surface area contributed by atoms with Crippen LogP contribution in [0.5, 0.6) is 5.75 Å². The smallest absolute Gasteiger partial charge is 0.260 e. The highest BCUT2D eigenvalue weighted by molar-refractivity contribution is 6.33. The first-order valence-electron chi connectivity index (χ1n) is 10.3. The lowest BCUT2D eigenvalue weighted by molar-refractivity contribution is -0.135. The number of piperidine rings is 1. The lowest BCUT2D eigenvalue weighted by atomic mass is 10.0. The number of hydrogen-bond donors (Lipinski definition) is 2. The first-order valence-corrected chi connectivity index (χ1v) is 10.7. The van der Waals surface area contributed by atoms with Crippen LogP contribution in [0, 0.1) is 6.92 Å². The van der Waals surface area contributed by atoms with Crippen LogP contribution >= 0.6 is 11.6 Å². The molecule has 1 heterocycles. The monoisotopic (exact) mass is 444 g/mol. The van der Waals surface area contributed by atoms with Crippen LogP contribution in [0.4, 0.5) is 11.4 Å². The standard InChI is InChI=1S/C23H29ClN4O3/c1-16-12-19(24)20(25)13-21(16)31-15-23(30)27(2)18-8-10-28(11-9-18)14-22(29)26-17-6-4-3-5-7-17/h3-7,12-13,18H,8-11,14-15,25H2,1-2H3,(H,26,29). The molecule has 1 saturated heterocycles. The predicted octanol–water partition coefficient (Wildman–Crippen LogP) is 3.17. The number of para-hydroxylation sites is 1. The summed E-state index contributed by atoms with van der Waals surface area (Å²) in [6.07, 6.45) is 1.63. The van der Waals surface area contributed by atoms with E-state index < -0.39 is 0 Å². The number of anilines is 2. The van der Waals surface area contributed by atoms with E-state index in [2.05, 4.69) is 10.2 Å². The Bertz CT molecular complexity index is 915. The SMILES string of the molecule is Cc1cc(Cl)c(N)cc1OCC(=O)N(C)C1CCN(CC(=O)Nc2ccccc2)CC1. The number of aryl methyl sites for hydroxylation is 1. The summed E-state index contributed by atoms with van der Waals surface area (Å²) in [6.45, 7) is 3.67. The van der Waals surface area contributed by atoms with Gasteiger partial charge in [0.2, 0.25) is 5.91 Å². The number of ether oxygens (including phenoxy) is 1. The maximum absolute atomic E-state index is 12.6. The van der Waals surface area contributed by atoms with Crippen molar-refractivity contribution in [3.63, 3.8) is 0 Å². The van der Waals surface area contributed by atoms with Crippen molar-refractivity contribution in [2.24, 2.45) is 0 Å². The van der Waals surface area contributed by atoms with Crippen molar-refractivity contribution in [1.29, 1.82) is 0 Å². The summed E-state index contributed by atoms with van der Waals surface area (Å²) in [5.74, 6) is 0.441. The summed E-state index contributed by atoms with van der Waals surface area (Å²) in [7, 11) is 1.80. The molecule has 0 saturated carbocycles. The van der Waals surface area contributed by atoms with Gasteiger partial charge in [0, 0.05) is 37.9 Å². The van der Waals surface area contributed by atoms with Crippen molar-refractivity contribution >= 4 is 34.8 Å². The number of rotatable bonds is 7. The summed E-state index contributed by atoms with van der Waals surface area (Å²) in [4.78, 5) is 28.7. The number of nitrogens with two attached hydrogens (primary N) is 1. The second-order valence-corrected chi connectivity index (χ2v) is 8.26. The average molecular weight is 445 g/mol. The first kappa shape index (κ1) is 22.9. The molecule has 166 valence electrons. The van der Waals surface area contributed by atoms with Gasteiger partial charge in [-0.3, -0.25) is 14.5 Å². The van der Waals surface area contributed by atoms with E-state index in [1.54, 1.807) is 24.1 Å². The number of carbonyl (C=O) groups excluding carboxylic acids is 2. The summed E-state index contributed by atoms with van der Waals surface area (Å²) in [5, 5.41) is 3.38. The van der Waals surface area contributed by atoms with Gasteiger partial charge in [0.1, 0.15) is 5.75 Å². The minimum Gasteiger partial charge on any atom is -0.483 e. The van der Waals surface area contributed by atoms with Gasteiger partial charge in [-0.2, -0.15) is 0 Å². The highest BCUT2D eigenvalue weighted by Crippen LogP contribution is 2.28. The van der Waals surface area contributed by atoms with Crippen molar-refractivity contribution in [2.75, 3.05) is 44.3 Å². The van der Waals surface area contributed by atoms with E-state index in [4.69, 9.17) is 22.1 Å². The van der Waals surface area contributed by atoms with E-state index in [0.717, 1.165) is 37.2 Å². The fourth-order valence-corrected chi connectivity index (χ4v) is 3.88. The lowest BCUT2D eigenvalue weighted by Gasteiger charge is -2.36. The zero-order valence-corrected chi connectivity index (χ0v) is 18.7. The number of nitrogens with one attached hydrogen (secondary N) is 1. The molecule has 1 aliphatic rings. The number of benzene rings is 2. The summed E-state index contributed by atoms with van der Waals surface area (Å²) in [5.41, 5.74) is 7.87. The average Bonchev–Trinajstić information content (AvgIpc) is 2.75. The van der Waals surface area contributed by atoms with Crippen LogP contribution < -0.4 is 15.8 Å². The number of halogens is 1. The number of amides is 2. The molecule has 2 aromatic carbocycles. The number of nitrogens with zero attached hydrogens (tertiary/aromatic N) is 2. The molecule has 0 atom stereocenters. The Balaban J connectivity index is 1.43. The molecule has 1 aliphatic heterocycles. The fourth-order valence-electron chi connectivity index (χ4n) is 3.66. The van der Waals surface area contributed by atoms with E-state index >= 15 is 0 Å². The van der Waals surface area contributed by atoms with Crippen LogP contribution in [0.2, 0.25) is 5.02 Å². The molecule has 2 aromatic rings. The number of hydrogen-bond acceptors (Lipinski definition) is 5. The van der Waals surface area contributed by atoms with Gasteiger partial charge in [-0.15, -0.1) is 0 Å². The summed E-state index contributed by atoms with van der Waals surface area (Å²) >= 11 is 6.00. The predicted molar refractivity (Wildman–Crippen MR) is 123 cm³/mol. The third-order valence-electron chi connectivity index (χ3n) is 5.57. The second-order valence-electron chi connectivity index (χ2n) is 7.85. The largest absolute Gasteiger partial charge is 0.483 e. The highest BCUT2D eigenvalue weighted by atomic mass is 35.5. The molecule has 3 rings (SSSR count). The number of nitrogen functional groups attached to an aromatic ring is 1. The minimum atomic E-state index is -0.0896. The van der Waals surface area contributed by atoms with Crippen LogP contribution in [0.25, 0.3) is 0 Å². The van der Waals surface area contributed by atoms with E-state index in [1.165, 1.54) is 0 Å². The van der Waals surface area contributed by atoms with Gasteiger partial charge in [0.05, 0.1) is 17.3 Å². The molecule has 0 radical (unpaired) electrons. The third kappa shape index (κ3) is 6.35. The second kappa shape index (κ2) is 10.5. The van der Waals surface area contributed by atoms with Gasteiger partial charge in [-0.1, -0.05) is 29.8 Å². The Labute approximate surface area is 188 Å². The Morgan fingerprint density at radius 1 is 1.23 bits per heavy atom. The van der Waals surface area contributed by atoms with E-state index in [1.807, 2.05) is 37.3 Å². The Morgan fingerprint density at radius 3 is 2.58 bits per heavy atom. The van der Waals surface area contributed by atoms with Gasteiger partial charge >= 0.3 is 0 Å². The fraction of sp³-hybridized carbons (Fsp3) is 0.391. The van der Waals surface area contributed by atoms with E-state index in [9.17, 15) is 9.59 Å². The topological polar surface area (TPSA) is 87.9 Å². The quantitative estimate of drug-likeness (QED) is 0.640. The van der Waals surface area contributed by atoms with Gasteiger partial charge in [0.15, 0.2) is 6.61 Å². The first-order chi connectivity index (χ1) is 14.8. The molecule has 8 heteroatoms. The van der Waals surface area contributed by atoms with Crippen molar-refractivity contribution in [1.82, 2.24) is 9.80 Å². The van der Waals surface area contributed by atoms with Crippen LogP contribution in [0.15, 0.2) is 42.5 Å². The van der Waals surface area contributed by atoms with E-state index in [0.29, 0.717) is 23.0 Å². The van der Waals surface area contributed by atoms with Crippen LogP contribution in [-0.4, -0.2) is 60.9 Å². The molecule has 0 bridgehead atoms. The summed E-state index contributed by atoms with van der Waals surface area (Å²) < 4.78 is 5.68. The molecular weight excluding hydrogens is 416 g/mol. The van der Waals surface area contributed by atoms with Crippen LogP contribution in [0.3, 0.4) is 0 Å². The van der Waals surface area contributed by atoms with Crippen molar-refractivity contribution in [3.05, 3.63) is 53.1 Å². The highest BCUT2D eigenvalue weighted by Gasteiger charge is 2.26. The van der Waals surface area contributed by atoms with E-state index in [-0.39, 0.29) is 24.5 Å². The molecule has 0 aromatic heterocycles. The van der Waals surface area contributed by atoms with Gasteiger partial charge in [-0.25, -0.2) is 0 Å². The number of likely N-dealkylation sites (tertiary alicyclic amines) is 1. The molecule has 3 N–H and O–H groups in total. The molecular formula is C23H29ClN4O3. The molecule has 0 spiro atoms. The van der Waals surface area contributed by atoms with Gasteiger partial charge < -0.3 is 20.7 Å². The lowest BCUT2D eigenvalue weighted by Crippen LogP contribution is -2.48. The molecule has 2 amide bonds. The Hall–Kier alpha value is -2.77. The molecule has 1 fully saturated rings. The zero-order valence-electron chi connectivity index (χ0n) is 17.9. The van der Waals surface area contributed by atoms with Crippen LogP contribution in [0.1, 0.15) is 18.4 Å². The molecule has 0 unspecified atom stereocenters. The van der Waals surface area contributed by atoms with Gasteiger partial charge in [0.25, 0.3) is 5.91 Å². The Kier molecular flexibility index (Phi) is 7.76. The maximum Gasteiger partial charge on any atom is 0.260 e. The molecule has 7 nitrogen and oxygen atoms in total. The Morgan fingerprint density at radius 2 is 1.90 bits per heavy atom. The van der Waals surface area contributed by atoms with Gasteiger partial charge in [-0.05, 0) is 43.5 Å². The molecule has 0 aliphatic carbocycles. The minimum absolute atomic E-state index is 0.0277. The zero-order chi connectivity index (χ0) is 22.4. The van der Waals surface area contributed by atoms with Crippen LogP contribution in [-0.2, 0) is 9.59 Å². The number of likely N-dealkylation sites (N-methyl/N-ethyl adjacent to an activating group) is 1. The molecule has 31 heavy (non-hydrogen) atoms. The third-order valence-corrected chi connectivity index (χ3v) is 5.90. The number of carbonyl (C=O) groups is 2. The van der Waals surface area contributed by atoms with Crippen molar-refractivity contribution in [2.45, 2.75) is 25.8 Å². The summed E-state index contributed by atoms with van der Waals surface area (Å²) in [6, 6.07) is 12.9. The van der Waals surface area contributed by atoms with Crippen molar-refractivity contribution < 1.29 is 14.3 Å². The van der Waals surface area contributed by atoms with Crippen molar-refractivity contribution in [3.8, 4) is 5.75 Å². The normalized spacial score (nSPS) is 14.8. The maximum atomic E-state index is 12.6.